The van der Waals surface area contributed by atoms with E-state index in [9.17, 15) is 4.79 Å². The normalized spacial score (nSPS) is 10.6. The van der Waals surface area contributed by atoms with Gasteiger partial charge in [0.05, 0.1) is 11.6 Å². The second-order valence-electron chi connectivity index (χ2n) is 4.33. The van der Waals surface area contributed by atoms with Gasteiger partial charge in [0, 0.05) is 6.54 Å². The van der Waals surface area contributed by atoms with E-state index < -0.39 is 0 Å². The van der Waals surface area contributed by atoms with Gasteiger partial charge in [-0.05, 0) is 23.6 Å². The van der Waals surface area contributed by atoms with Gasteiger partial charge in [-0.25, -0.2) is 0 Å². The summed E-state index contributed by atoms with van der Waals surface area (Å²) in [6, 6.07) is 9.08. The summed E-state index contributed by atoms with van der Waals surface area (Å²) in [6.07, 6.45) is 0.708. The summed E-state index contributed by atoms with van der Waals surface area (Å²) in [6.45, 7) is 0.539. The standard InChI is InChI=1S/C14H14Cl2N2O2/c15-11-7-12(18-13(11)16)14(20)17-6-5-9-1-3-10(8-19)4-2-9/h1-4,7,18-19H,5-6,8H2,(H,17,20). The van der Waals surface area contributed by atoms with E-state index in [1.807, 2.05) is 24.3 Å². The third kappa shape index (κ3) is 3.76. The fraction of sp³-hybridized carbons (Fsp3) is 0.214. The number of amides is 1. The number of rotatable bonds is 5. The van der Waals surface area contributed by atoms with Gasteiger partial charge in [-0.15, -0.1) is 0 Å². The highest BCUT2D eigenvalue weighted by molar-refractivity contribution is 6.41. The first-order valence-corrected chi connectivity index (χ1v) is 6.86. The molecule has 0 aliphatic heterocycles. The van der Waals surface area contributed by atoms with Crippen molar-refractivity contribution >= 4 is 29.1 Å². The molecule has 2 rings (SSSR count). The van der Waals surface area contributed by atoms with Crippen molar-refractivity contribution in [2.75, 3.05) is 6.54 Å². The fourth-order valence-electron chi connectivity index (χ4n) is 1.75. The molecule has 1 aromatic heterocycles. The predicted molar refractivity (Wildman–Crippen MR) is 79.2 cm³/mol. The molecule has 20 heavy (non-hydrogen) atoms. The van der Waals surface area contributed by atoms with Crippen LogP contribution < -0.4 is 5.32 Å². The number of halogens is 2. The van der Waals surface area contributed by atoms with Crippen molar-refractivity contribution in [2.45, 2.75) is 13.0 Å². The number of aromatic amines is 1. The maximum absolute atomic E-state index is 11.8. The van der Waals surface area contributed by atoms with Crippen molar-refractivity contribution in [1.82, 2.24) is 10.3 Å². The Morgan fingerprint density at radius 3 is 2.40 bits per heavy atom. The largest absolute Gasteiger partial charge is 0.392 e. The molecule has 0 aliphatic carbocycles. The van der Waals surface area contributed by atoms with Crippen LogP contribution in [-0.4, -0.2) is 22.5 Å². The molecule has 0 aliphatic rings. The van der Waals surface area contributed by atoms with Gasteiger partial charge in [-0.1, -0.05) is 47.5 Å². The minimum Gasteiger partial charge on any atom is -0.392 e. The van der Waals surface area contributed by atoms with E-state index in [2.05, 4.69) is 10.3 Å². The van der Waals surface area contributed by atoms with Gasteiger partial charge < -0.3 is 15.4 Å². The molecule has 0 bridgehead atoms. The molecular formula is C14H14Cl2N2O2. The van der Waals surface area contributed by atoms with Gasteiger partial charge in [0.25, 0.3) is 5.91 Å². The van der Waals surface area contributed by atoms with Crippen molar-refractivity contribution in [2.24, 2.45) is 0 Å². The highest BCUT2D eigenvalue weighted by Crippen LogP contribution is 2.21. The lowest BCUT2D eigenvalue weighted by atomic mass is 10.1. The molecule has 0 saturated carbocycles. The van der Waals surface area contributed by atoms with Crippen LogP contribution in [0.1, 0.15) is 21.6 Å². The Bertz CT molecular complexity index is 574. The summed E-state index contributed by atoms with van der Waals surface area (Å²) < 4.78 is 0. The first-order valence-electron chi connectivity index (χ1n) is 6.11. The number of hydrogen-bond acceptors (Lipinski definition) is 2. The van der Waals surface area contributed by atoms with Gasteiger partial charge in [0.1, 0.15) is 10.8 Å². The summed E-state index contributed by atoms with van der Waals surface area (Å²) >= 11 is 11.5. The Kier molecular flexibility index (Phi) is 5.06. The molecule has 0 spiro atoms. The van der Waals surface area contributed by atoms with Crippen molar-refractivity contribution in [1.29, 1.82) is 0 Å². The van der Waals surface area contributed by atoms with Gasteiger partial charge >= 0.3 is 0 Å². The fourth-order valence-corrected chi connectivity index (χ4v) is 2.07. The van der Waals surface area contributed by atoms with Crippen LogP contribution >= 0.6 is 23.2 Å². The Hall–Kier alpha value is -1.49. The summed E-state index contributed by atoms with van der Waals surface area (Å²) in [7, 11) is 0. The second kappa shape index (κ2) is 6.79. The lowest BCUT2D eigenvalue weighted by molar-refractivity contribution is 0.0950. The number of hydrogen-bond donors (Lipinski definition) is 3. The summed E-state index contributed by atoms with van der Waals surface area (Å²) in [5.41, 5.74) is 2.30. The first kappa shape index (κ1) is 14.9. The van der Waals surface area contributed by atoms with Crippen molar-refractivity contribution in [3.8, 4) is 0 Å². The number of H-pyrrole nitrogens is 1. The van der Waals surface area contributed by atoms with E-state index in [1.165, 1.54) is 6.07 Å². The van der Waals surface area contributed by atoms with E-state index >= 15 is 0 Å². The van der Waals surface area contributed by atoms with Crippen LogP contribution in [0.2, 0.25) is 10.2 Å². The molecule has 106 valence electrons. The summed E-state index contributed by atoms with van der Waals surface area (Å²) in [5.74, 6) is -0.245. The van der Waals surface area contributed by atoms with Gasteiger partial charge in [-0.2, -0.15) is 0 Å². The number of aliphatic hydroxyl groups excluding tert-OH is 1. The Balaban J connectivity index is 1.84. The number of carbonyl (C=O) groups excluding carboxylic acids is 1. The average Bonchev–Trinajstić information content (AvgIpc) is 2.79. The first-order chi connectivity index (χ1) is 9.60. The molecule has 6 heteroatoms. The van der Waals surface area contributed by atoms with Crippen LogP contribution in [0.3, 0.4) is 0 Å². The Labute approximate surface area is 126 Å². The maximum atomic E-state index is 11.8. The molecule has 1 heterocycles. The smallest absolute Gasteiger partial charge is 0.267 e. The lowest BCUT2D eigenvalue weighted by Gasteiger charge is -2.05. The SMILES string of the molecule is O=C(NCCc1ccc(CO)cc1)c1cc(Cl)c(Cl)[nH]1. The zero-order valence-electron chi connectivity index (χ0n) is 10.6. The number of nitrogens with one attached hydrogen (secondary N) is 2. The zero-order chi connectivity index (χ0) is 14.5. The maximum Gasteiger partial charge on any atom is 0.267 e. The van der Waals surface area contributed by atoms with E-state index in [0.29, 0.717) is 23.7 Å². The van der Waals surface area contributed by atoms with Crippen molar-refractivity contribution in [3.05, 3.63) is 57.3 Å². The molecular weight excluding hydrogens is 299 g/mol. The van der Waals surface area contributed by atoms with Gasteiger partial charge in [-0.3, -0.25) is 4.79 Å². The topological polar surface area (TPSA) is 65.1 Å². The lowest BCUT2D eigenvalue weighted by Crippen LogP contribution is -2.25. The van der Waals surface area contributed by atoms with Crippen molar-refractivity contribution in [3.63, 3.8) is 0 Å². The van der Waals surface area contributed by atoms with Crippen LogP contribution in [0.4, 0.5) is 0 Å². The number of benzene rings is 1. The van der Waals surface area contributed by atoms with Gasteiger partial charge in [0.2, 0.25) is 0 Å². The van der Waals surface area contributed by atoms with E-state index in [-0.39, 0.29) is 17.7 Å². The van der Waals surface area contributed by atoms with E-state index in [1.54, 1.807) is 0 Å². The molecule has 1 aromatic carbocycles. The van der Waals surface area contributed by atoms with Crippen LogP contribution in [0.25, 0.3) is 0 Å². The van der Waals surface area contributed by atoms with Gasteiger partial charge in [0.15, 0.2) is 0 Å². The quantitative estimate of drug-likeness (QED) is 0.795. The summed E-state index contributed by atoms with van der Waals surface area (Å²) in [4.78, 5) is 14.5. The number of aromatic nitrogens is 1. The molecule has 0 radical (unpaired) electrons. The van der Waals surface area contributed by atoms with Crippen molar-refractivity contribution < 1.29 is 9.90 Å². The van der Waals surface area contributed by atoms with Crippen LogP contribution in [-0.2, 0) is 13.0 Å². The Morgan fingerprint density at radius 2 is 1.85 bits per heavy atom. The van der Waals surface area contributed by atoms with E-state index in [0.717, 1.165) is 11.1 Å². The number of aliphatic hydroxyl groups is 1. The van der Waals surface area contributed by atoms with Crippen LogP contribution in [0.15, 0.2) is 30.3 Å². The Morgan fingerprint density at radius 1 is 1.20 bits per heavy atom. The minimum atomic E-state index is -0.245. The minimum absolute atomic E-state index is 0.0331. The molecule has 2 aromatic rings. The monoisotopic (exact) mass is 312 g/mol. The molecule has 3 N–H and O–H groups in total. The third-order valence-corrected chi connectivity index (χ3v) is 3.57. The third-order valence-electron chi connectivity index (χ3n) is 2.87. The second-order valence-corrected chi connectivity index (χ2v) is 5.11. The van der Waals surface area contributed by atoms with Crippen LogP contribution in [0, 0.1) is 0 Å². The molecule has 4 nitrogen and oxygen atoms in total. The highest BCUT2D eigenvalue weighted by Gasteiger charge is 2.10. The highest BCUT2D eigenvalue weighted by atomic mass is 35.5. The molecule has 0 unspecified atom stereocenters. The van der Waals surface area contributed by atoms with Crippen LogP contribution in [0.5, 0.6) is 0 Å². The predicted octanol–water partition coefficient (Wildman–Crippen LogP) is 2.79. The van der Waals surface area contributed by atoms with E-state index in [4.69, 9.17) is 28.3 Å². The molecule has 0 fully saturated rings. The molecule has 1 amide bonds. The number of carbonyl (C=O) groups is 1. The zero-order valence-corrected chi connectivity index (χ0v) is 12.1. The summed E-state index contributed by atoms with van der Waals surface area (Å²) in [5, 5.41) is 12.3. The average molecular weight is 313 g/mol. The molecule has 0 saturated heterocycles. The molecule has 0 atom stereocenters.